The number of aliphatic hydroxyl groups excluding tert-OH is 1. The first-order chi connectivity index (χ1) is 7.86. The van der Waals surface area contributed by atoms with E-state index in [4.69, 9.17) is 21.4 Å². The molecule has 0 aliphatic heterocycles. The standard InChI is InChI=1S/C12H19ClN2O2/c1-12(2,15(3)4)8-17-11-5-9(7-16)10(13)6-14-11/h5-6,16H,7-8H2,1-4H3. The average molecular weight is 259 g/mol. The zero-order valence-corrected chi connectivity index (χ0v) is 11.5. The van der Waals surface area contributed by atoms with Crippen molar-refractivity contribution in [1.29, 1.82) is 0 Å². The Balaban J connectivity index is 2.70. The molecular formula is C12H19ClN2O2. The number of hydrogen-bond donors (Lipinski definition) is 1. The Morgan fingerprint density at radius 3 is 2.65 bits per heavy atom. The minimum absolute atomic E-state index is 0.0826. The van der Waals surface area contributed by atoms with Crippen molar-refractivity contribution < 1.29 is 9.84 Å². The second-order valence-corrected chi connectivity index (χ2v) is 5.17. The summed E-state index contributed by atoms with van der Waals surface area (Å²) in [6.07, 6.45) is 1.49. The largest absolute Gasteiger partial charge is 0.476 e. The molecule has 1 aromatic rings. The average Bonchev–Trinajstić information content (AvgIpc) is 2.28. The molecule has 1 aromatic heterocycles. The van der Waals surface area contributed by atoms with E-state index in [0.717, 1.165) is 0 Å². The van der Waals surface area contributed by atoms with E-state index in [-0.39, 0.29) is 12.1 Å². The van der Waals surface area contributed by atoms with Crippen LogP contribution in [0.5, 0.6) is 5.88 Å². The molecule has 0 aromatic carbocycles. The Hall–Kier alpha value is -0.840. The topological polar surface area (TPSA) is 45.6 Å². The van der Waals surface area contributed by atoms with Crippen molar-refractivity contribution >= 4 is 11.6 Å². The lowest BCUT2D eigenvalue weighted by Crippen LogP contribution is -2.43. The Morgan fingerprint density at radius 1 is 1.47 bits per heavy atom. The zero-order chi connectivity index (χ0) is 13.1. The molecule has 17 heavy (non-hydrogen) atoms. The maximum absolute atomic E-state index is 9.08. The van der Waals surface area contributed by atoms with Crippen molar-refractivity contribution in [3.05, 3.63) is 22.8 Å². The smallest absolute Gasteiger partial charge is 0.213 e. The molecule has 0 aliphatic carbocycles. The van der Waals surface area contributed by atoms with Crippen molar-refractivity contribution in [2.24, 2.45) is 0 Å². The van der Waals surface area contributed by atoms with Crippen LogP contribution in [0.4, 0.5) is 0 Å². The predicted octanol–water partition coefficient (Wildman–Crippen LogP) is 1.95. The maximum Gasteiger partial charge on any atom is 0.213 e. The third-order valence-electron chi connectivity index (χ3n) is 2.86. The van der Waals surface area contributed by atoms with E-state index < -0.39 is 0 Å². The van der Waals surface area contributed by atoms with Crippen molar-refractivity contribution in [3.8, 4) is 5.88 Å². The number of likely N-dealkylation sites (N-methyl/N-ethyl adjacent to an activating group) is 1. The number of halogens is 1. The van der Waals surface area contributed by atoms with Gasteiger partial charge in [-0.15, -0.1) is 0 Å². The highest BCUT2D eigenvalue weighted by molar-refractivity contribution is 6.31. The molecule has 1 heterocycles. The maximum atomic E-state index is 9.08. The molecule has 0 unspecified atom stereocenters. The van der Waals surface area contributed by atoms with Gasteiger partial charge in [0.05, 0.1) is 11.6 Å². The number of aromatic nitrogens is 1. The van der Waals surface area contributed by atoms with Gasteiger partial charge in [-0.1, -0.05) is 11.6 Å². The lowest BCUT2D eigenvalue weighted by atomic mass is 10.1. The Kier molecular flexibility index (Phi) is 4.74. The van der Waals surface area contributed by atoms with Crippen LogP contribution in [0.3, 0.4) is 0 Å². The van der Waals surface area contributed by atoms with Crippen LogP contribution in [-0.2, 0) is 6.61 Å². The van der Waals surface area contributed by atoms with E-state index in [1.165, 1.54) is 6.20 Å². The van der Waals surface area contributed by atoms with E-state index in [9.17, 15) is 0 Å². The summed E-state index contributed by atoms with van der Waals surface area (Å²) in [6.45, 7) is 4.56. The lowest BCUT2D eigenvalue weighted by Gasteiger charge is -2.31. The highest BCUT2D eigenvalue weighted by Gasteiger charge is 2.21. The number of nitrogens with zero attached hydrogens (tertiary/aromatic N) is 2. The normalized spacial score (nSPS) is 11.9. The first-order valence-corrected chi connectivity index (χ1v) is 5.80. The summed E-state index contributed by atoms with van der Waals surface area (Å²) in [4.78, 5) is 6.14. The van der Waals surface area contributed by atoms with Crippen molar-refractivity contribution in [3.63, 3.8) is 0 Å². The molecule has 0 aliphatic rings. The Morgan fingerprint density at radius 2 is 2.12 bits per heavy atom. The third kappa shape index (κ3) is 3.84. The highest BCUT2D eigenvalue weighted by Crippen LogP contribution is 2.20. The van der Waals surface area contributed by atoms with Gasteiger partial charge in [0.25, 0.3) is 0 Å². The molecule has 4 nitrogen and oxygen atoms in total. The van der Waals surface area contributed by atoms with Crippen LogP contribution in [-0.4, -0.2) is 41.2 Å². The van der Waals surface area contributed by atoms with E-state index >= 15 is 0 Å². The molecule has 1 N–H and O–H groups in total. The SMILES string of the molecule is CN(C)C(C)(C)COc1cc(CO)c(Cl)cn1. The van der Waals surface area contributed by atoms with E-state index in [2.05, 4.69) is 23.7 Å². The summed E-state index contributed by atoms with van der Waals surface area (Å²) in [6, 6.07) is 1.66. The second-order valence-electron chi connectivity index (χ2n) is 4.77. The van der Waals surface area contributed by atoms with Gasteiger partial charge in [0, 0.05) is 23.4 Å². The summed E-state index contributed by atoms with van der Waals surface area (Å²) in [7, 11) is 4.00. The summed E-state index contributed by atoms with van der Waals surface area (Å²) in [5, 5.41) is 9.53. The van der Waals surface area contributed by atoms with E-state index in [1.54, 1.807) is 6.07 Å². The van der Waals surface area contributed by atoms with Crippen molar-refractivity contribution in [1.82, 2.24) is 9.88 Å². The minimum atomic E-state index is -0.116. The van der Waals surface area contributed by atoms with Gasteiger partial charge in [-0.3, -0.25) is 0 Å². The van der Waals surface area contributed by atoms with Gasteiger partial charge in [0.15, 0.2) is 0 Å². The van der Waals surface area contributed by atoms with Gasteiger partial charge in [-0.05, 0) is 27.9 Å². The van der Waals surface area contributed by atoms with Gasteiger partial charge in [-0.2, -0.15) is 0 Å². The Bertz CT molecular complexity index is 381. The highest BCUT2D eigenvalue weighted by atomic mass is 35.5. The van der Waals surface area contributed by atoms with Crippen LogP contribution >= 0.6 is 11.6 Å². The third-order valence-corrected chi connectivity index (χ3v) is 3.20. The fraction of sp³-hybridized carbons (Fsp3) is 0.583. The molecule has 0 bridgehead atoms. The van der Waals surface area contributed by atoms with Gasteiger partial charge in [0.1, 0.15) is 6.61 Å². The number of aliphatic hydroxyl groups is 1. The first kappa shape index (κ1) is 14.2. The quantitative estimate of drug-likeness (QED) is 0.877. The zero-order valence-electron chi connectivity index (χ0n) is 10.7. The molecule has 0 saturated carbocycles. The summed E-state index contributed by atoms with van der Waals surface area (Å²) >= 11 is 5.85. The molecule has 0 fully saturated rings. The first-order valence-electron chi connectivity index (χ1n) is 5.42. The van der Waals surface area contributed by atoms with Crippen molar-refractivity contribution in [2.75, 3.05) is 20.7 Å². The number of hydrogen-bond acceptors (Lipinski definition) is 4. The molecular weight excluding hydrogens is 240 g/mol. The summed E-state index contributed by atoms with van der Waals surface area (Å²) < 4.78 is 5.61. The molecule has 5 heteroatoms. The number of pyridine rings is 1. The monoisotopic (exact) mass is 258 g/mol. The van der Waals surface area contributed by atoms with Crippen LogP contribution < -0.4 is 4.74 Å². The van der Waals surface area contributed by atoms with E-state index in [0.29, 0.717) is 23.1 Å². The van der Waals surface area contributed by atoms with Gasteiger partial charge in [-0.25, -0.2) is 4.98 Å². The van der Waals surface area contributed by atoms with Gasteiger partial charge < -0.3 is 14.7 Å². The predicted molar refractivity (Wildman–Crippen MR) is 68.4 cm³/mol. The van der Waals surface area contributed by atoms with Crippen LogP contribution in [0.25, 0.3) is 0 Å². The summed E-state index contributed by atoms with van der Waals surface area (Å²) in [5.41, 5.74) is 0.542. The number of rotatable bonds is 5. The fourth-order valence-electron chi connectivity index (χ4n) is 1.04. The molecule has 96 valence electrons. The van der Waals surface area contributed by atoms with Gasteiger partial charge in [0.2, 0.25) is 5.88 Å². The van der Waals surface area contributed by atoms with Gasteiger partial charge >= 0.3 is 0 Å². The van der Waals surface area contributed by atoms with Crippen molar-refractivity contribution in [2.45, 2.75) is 26.0 Å². The molecule has 0 amide bonds. The van der Waals surface area contributed by atoms with Crippen LogP contribution in [0.15, 0.2) is 12.3 Å². The van der Waals surface area contributed by atoms with E-state index in [1.807, 2.05) is 14.1 Å². The molecule has 0 spiro atoms. The molecule has 0 radical (unpaired) electrons. The Labute approximate surface area is 107 Å². The molecule has 0 saturated heterocycles. The summed E-state index contributed by atoms with van der Waals surface area (Å²) in [5.74, 6) is 0.480. The molecule has 0 atom stereocenters. The lowest BCUT2D eigenvalue weighted by molar-refractivity contribution is 0.111. The van der Waals surface area contributed by atoms with Crippen LogP contribution in [0, 0.1) is 0 Å². The number of ether oxygens (including phenoxy) is 1. The minimum Gasteiger partial charge on any atom is -0.476 e. The second kappa shape index (κ2) is 5.67. The van der Waals surface area contributed by atoms with Crippen LogP contribution in [0.1, 0.15) is 19.4 Å². The van der Waals surface area contributed by atoms with Crippen LogP contribution in [0.2, 0.25) is 5.02 Å². The molecule has 1 rings (SSSR count). The fourth-order valence-corrected chi connectivity index (χ4v) is 1.20.